The first-order valence-electron chi connectivity index (χ1n) is 10.2. The maximum Gasteiger partial charge on any atom is 0.330 e. The van der Waals surface area contributed by atoms with Crippen LogP contribution in [0.25, 0.3) is 38.8 Å². The summed E-state index contributed by atoms with van der Waals surface area (Å²) in [5.74, 6) is 0. The van der Waals surface area contributed by atoms with Crippen LogP contribution in [-0.2, 0) is 14.1 Å². The molecule has 0 N–H and O–H groups in total. The van der Waals surface area contributed by atoms with Crippen LogP contribution >= 0.6 is 15.9 Å². The molecule has 0 amide bonds. The standard InChI is InChI=1S/C25H21BrN4O2/c1-14-11-16-7-6-10-19(22(16)27-15(14)2)30-13-20-21(24(31)29(4)25(32)28(20)3)23(30)17-8-5-9-18(26)12-17/h5-13H,1-4H3. The van der Waals surface area contributed by atoms with Crippen molar-refractivity contribution in [3.05, 3.63) is 91.3 Å². The van der Waals surface area contributed by atoms with Gasteiger partial charge < -0.3 is 4.57 Å². The molecular weight excluding hydrogens is 468 g/mol. The van der Waals surface area contributed by atoms with E-state index in [1.807, 2.05) is 67.1 Å². The van der Waals surface area contributed by atoms with E-state index < -0.39 is 0 Å². The average molecular weight is 489 g/mol. The largest absolute Gasteiger partial charge is 0.330 e. The predicted octanol–water partition coefficient (Wildman–Crippen LogP) is 4.62. The van der Waals surface area contributed by atoms with Crippen LogP contribution in [0.5, 0.6) is 0 Å². The zero-order valence-corrected chi connectivity index (χ0v) is 19.8. The number of aryl methyl sites for hydroxylation is 3. The van der Waals surface area contributed by atoms with Gasteiger partial charge in [-0.05, 0) is 43.7 Å². The SMILES string of the molecule is Cc1cc2cccc(-n3cc4c(c3-c3cccc(Br)c3)c(=O)n(C)c(=O)n4C)c2nc1C. The fraction of sp³-hybridized carbons (Fsp3) is 0.160. The minimum Gasteiger partial charge on any atom is -0.311 e. The second-order valence-corrected chi connectivity index (χ2v) is 8.98. The van der Waals surface area contributed by atoms with Crippen molar-refractivity contribution in [1.82, 2.24) is 18.7 Å². The third-order valence-electron chi connectivity index (χ3n) is 6.06. The first kappa shape index (κ1) is 20.5. The molecule has 3 aromatic heterocycles. The molecule has 5 rings (SSSR count). The molecule has 3 heterocycles. The molecule has 6 nitrogen and oxygen atoms in total. The highest BCUT2D eigenvalue weighted by Gasteiger charge is 2.21. The van der Waals surface area contributed by atoms with Gasteiger partial charge in [0.25, 0.3) is 5.56 Å². The van der Waals surface area contributed by atoms with Crippen LogP contribution in [0.2, 0.25) is 0 Å². The highest BCUT2D eigenvalue weighted by atomic mass is 79.9. The number of nitrogens with zero attached hydrogens (tertiary/aromatic N) is 4. The first-order chi connectivity index (χ1) is 15.3. The second-order valence-electron chi connectivity index (χ2n) is 8.06. The first-order valence-corrected chi connectivity index (χ1v) is 11.0. The van der Waals surface area contributed by atoms with Gasteiger partial charge in [-0.1, -0.05) is 40.2 Å². The van der Waals surface area contributed by atoms with Crippen molar-refractivity contribution >= 4 is 37.7 Å². The minimum absolute atomic E-state index is 0.322. The molecule has 5 aromatic rings. The van der Waals surface area contributed by atoms with Gasteiger partial charge in [0.1, 0.15) is 0 Å². The predicted molar refractivity (Wildman–Crippen MR) is 132 cm³/mol. The number of hydrogen-bond acceptors (Lipinski definition) is 3. The van der Waals surface area contributed by atoms with E-state index in [0.29, 0.717) is 10.9 Å². The molecule has 32 heavy (non-hydrogen) atoms. The number of aromatic nitrogens is 4. The van der Waals surface area contributed by atoms with Gasteiger partial charge in [0.05, 0.1) is 27.8 Å². The lowest BCUT2D eigenvalue weighted by molar-refractivity contribution is 0.714. The Hall–Kier alpha value is -3.45. The Kier molecular flexibility index (Phi) is 4.67. The average Bonchev–Trinajstić information content (AvgIpc) is 3.17. The van der Waals surface area contributed by atoms with Crippen molar-refractivity contribution in [2.75, 3.05) is 0 Å². The lowest BCUT2D eigenvalue weighted by atomic mass is 10.1. The summed E-state index contributed by atoms with van der Waals surface area (Å²) in [6.07, 6.45) is 1.86. The van der Waals surface area contributed by atoms with Crippen LogP contribution in [-0.4, -0.2) is 18.7 Å². The lowest BCUT2D eigenvalue weighted by Gasteiger charge is -2.13. The van der Waals surface area contributed by atoms with Gasteiger partial charge in [-0.3, -0.25) is 18.9 Å². The maximum absolute atomic E-state index is 13.3. The molecule has 0 fully saturated rings. The molecule has 0 aliphatic heterocycles. The topological polar surface area (TPSA) is 61.8 Å². The normalized spacial score (nSPS) is 11.5. The van der Waals surface area contributed by atoms with E-state index in [1.165, 1.54) is 11.6 Å². The Morgan fingerprint density at radius 1 is 0.938 bits per heavy atom. The molecule has 0 aliphatic carbocycles. The third-order valence-corrected chi connectivity index (χ3v) is 6.56. The van der Waals surface area contributed by atoms with Crippen molar-refractivity contribution in [1.29, 1.82) is 0 Å². The number of fused-ring (bicyclic) bond motifs is 2. The number of hydrogen-bond donors (Lipinski definition) is 0. The van der Waals surface area contributed by atoms with Gasteiger partial charge in [-0.15, -0.1) is 0 Å². The molecule has 0 radical (unpaired) electrons. The molecule has 7 heteroatoms. The summed E-state index contributed by atoms with van der Waals surface area (Å²) in [5, 5.41) is 1.51. The van der Waals surface area contributed by atoms with Gasteiger partial charge >= 0.3 is 5.69 Å². The molecule has 0 saturated carbocycles. The minimum atomic E-state index is -0.358. The molecular formula is C25H21BrN4O2. The van der Waals surface area contributed by atoms with Gasteiger partial charge in [0.15, 0.2) is 0 Å². The van der Waals surface area contributed by atoms with Gasteiger partial charge in [-0.25, -0.2) is 4.79 Å². The Labute approximate surface area is 192 Å². The summed E-state index contributed by atoms with van der Waals surface area (Å²) >= 11 is 3.55. The number of benzene rings is 2. The number of para-hydroxylation sites is 1. The van der Waals surface area contributed by atoms with E-state index in [9.17, 15) is 9.59 Å². The number of pyridine rings is 1. The Bertz CT molecular complexity index is 1670. The highest BCUT2D eigenvalue weighted by molar-refractivity contribution is 9.10. The number of rotatable bonds is 2. The monoisotopic (exact) mass is 488 g/mol. The van der Waals surface area contributed by atoms with Gasteiger partial charge in [0, 0.05) is 41.4 Å². The summed E-state index contributed by atoms with van der Waals surface area (Å²) in [7, 11) is 3.20. The van der Waals surface area contributed by atoms with Crippen molar-refractivity contribution in [3.63, 3.8) is 0 Å². The smallest absolute Gasteiger partial charge is 0.311 e. The molecule has 2 aromatic carbocycles. The molecule has 0 spiro atoms. The molecule has 0 bridgehead atoms. The zero-order chi connectivity index (χ0) is 22.7. The van der Waals surface area contributed by atoms with Crippen molar-refractivity contribution < 1.29 is 0 Å². The van der Waals surface area contributed by atoms with Crippen LogP contribution in [0.4, 0.5) is 0 Å². The van der Waals surface area contributed by atoms with E-state index in [1.54, 1.807) is 7.05 Å². The van der Waals surface area contributed by atoms with E-state index in [2.05, 4.69) is 22.0 Å². The van der Waals surface area contributed by atoms with Crippen molar-refractivity contribution in [3.8, 4) is 16.9 Å². The third kappa shape index (κ3) is 2.96. The van der Waals surface area contributed by atoms with Crippen LogP contribution < -0.4 is 11.2 Å². The fourth-order valence-corrected chi connectivity index (χ4v) is 4.62. The Morgan fingerprint density at radius 2 is 1.69 bits per heavy atom. The van der Waals surface area contributed by atoms with Gasteiger partial charge in [0.2, 0.25) is 0 Å². The molecule has 160 valence electrons. The molecule has 0 unspecified atom stereocenters. The fourth-order valence-electron chi connectivity index (χ4n) is 4.23. The van der Waals surface area contributed by atoms with Crippen molar-refractivity contribution in [2.45, 2.75) is 13.8 Å². The Balaban J connectivity index is 2.01. The van der Waals surface area contributed by atoms with E-state index in [0.717, 1.165) is 48.1 Å². The highest BCUT2D eigenvalue weighted by Crippen LogP contribution is 2.34. The maximum atomic E-state index is 13.3. The molecule has 0 aliphatic rings. The summed E-state index contributed by atoms with van der Waals surface area (Å²) < 4.78 is 5.56. The van der Waals surface area contributed by atoms with Gasteiger partial charge in [-0.2, -0.15) is 0 Å². The Morgan fingerprint density at radius 3 is 2.44 bits per heavy atom. The van der Waals surface area contributed by atoms with Crippen LogP contribution in [0.1, 0.15) is 11.3 Å². The van der Waals surface area contributed by atoms with Crippen LogP contribution in [0.3, 0.4) is 0 Å². The van der Waals surface area contributed by atoms with Crippen LogP contribution in [0.15, 0.2) is 68.8 Å². The summed E-state index contributed by atoms with van der Waals surface area (Å²) in [5.41, 5.74) is 5.26. The second kappa shape index (κ2) is 7.31. The van der Waals surface area contributed by atoms with E-state index in [4.69, 9.17) is 4.98 Å². The summed E-state index contributed by atoms with van der Waals surface area (Å²) in [6.45, 7) is 4.04. The molecule has 0 saturated heterocycles. The lowest BCUT2D eigenvalue weighted by Crippen LogP contribution is -2.36. The number of halogens is 1. The summed E-state index contributed by atoms with van der Waals surface area (Å²) in [4.78, 5) is 30.8. The van der Waals surface area contributed by atoms with Crippen molar-refractivity contribution in [2.24, 2.45) is 14.1 Å². The molecule has 0 atom stereocenters. The zero-order valence-electron chi connectivity index (χ0n) is 18.2. The quantitative estimate of drug-likeness (QED) is 0.364. The van der Waals surface area contributed by atoms with E-state index >= 15 is 0 Å². The summed E-state index contributed by atoms with van der Waals surface area (Å²) in [6, 6.07) is 16.0. The van der Waals surface area contributed by atoms with Crippen LogP contribution in [0, 0.1) is 13.8 Å². The van der Waals surface area contributed by atoms with E-state index in [-0.39, 0.29) is 11.2 Å².